The number of aryl methyl sites for hydroxylation is 1. The van der Waals surface area contributed by atoms with Crippen molar-refractivity contribution in [1.29, 1.82) is 0 Å². The molecule has 0 atom stereocenters. The molecule has 3 heterocycles. The van der Waals surface area contributed by atoms with Crippen molar-refractivity contribution < 1.29 is 4.79 Å². The molecule has 0 aliphatic rings. The summed E-state index contributed by atoms with van der Waals surface area (Å²) in [4.78, 5) is 22.1. The number of hydrogen-bond donors (Lipinski definition) is 1. The van der Waals surface area contributed by atoms with E-state index in [0.29, 0.717) is 12.1 Å². The number of carbonyl (C=O) groups excluding carboxylic acids is 1. The van der Waals surface area contributed by atoms with Gasteiger partial charge in [0.05, 0.1) is 34.1 Å². The van der Waals surface area contributed by atoms with E-state index in [2.05, 4.69) is 15.3 Å². The Bertz CT molecular complexity index is 770. The van der Waals surface area contributed by atoms with Gasteiger partial charge in [-0.3, -0.25) is 14.8 Å². The van der Waals surface area contributed by atoms with E-state index in [-0.39, 0.29) is 5.91 Å². The summed E-state index contributed by atoms with van der Waals surface area (Å²) in [6.45, 7) is 2.26. The van der Waals surface area contributed by atoms with Gasteiger partial charge in [-0.2, -0.15) is 0 Å². The number of pyridine rings is 2. The van der Waals surface area contributed by atoms with Crippen LogP contribution in [-0.2, 0) is 6.54 Å². The molecule has 0 aliphatic carbocycles. The highest BCUT2D eigenvalue weighted by Crippen LogP contribution is 2.23. The molecule has 0 spiro atoms. The number of nitrogens with one attached hydrogen (secondary N) is 1. The molecule has 0 saturated heterocycles. The van der Waals surface area contributed by atoms with Crippen molar-refractivity contribution in [3.63, 3.8) is 0 Å². The van der Waals surface area contributed by atoms with Crippen LogP contribution >= 0.6 is 11.3 Å². The molecule has 4 nitrogen and oxygen atoms in total. The van der Waals surface area contributed by atoms with Crippen LogP contribution in [0.25, 0.3) is 10.6 Å². The minimum absolute atomic E-state index is 0.131. The quantitative estimate of drug-likeness (QED) is 0.803. The molecular formula is C17H15N3OS. The second-order valence-corrected chi connectivity index (χ2v) is 5.76. The minimum atomic E-state index is -0.131. The molecule has 0 fully saturated rings. The Morgan fingerprint density at radius 1 is 1.18 bits per heavy atom. The summed E-state index contributed by atoms with van der Waals surface area (Å²) in [5.41, 5.74) is 3.05. The van der Waals surface area contributed by atoms with Crippen molar-refractivity contribution >= 4 is 17.2 Å². The van der Waals surface area contributed by atoms with Crippen molar-refractivity contribution in [2.75, 3.05) is 0 Å². The first-order chi connectivity index (χ1) is 10.7. The highest BCUT2D eigenvalue weighted by Gasteiger charge is 2.11. The van der Waals surface area contributed by atoms with E-state index >= 15 is 0 Å². The summed E-state index contributed by atoms with van der Waals surface area (Å²) in [5.74, 6) is -0.131. The number of amides is 1. The van der Waals surface area contributed by atoms with Gasteiger partial charge in [-0.1, -0.05) is 12.1 Å². The van der Waals surface area contributed by atoms with Crippen molar-refractivity contribution in [1.82, 2.24) is 15.3 Å². The second-order valence-electron chi connectivity index (χ2n) is 4.81. The van der Waals surface area contributed by atoms with Crippen molar-refractivity contribution in [2.24, 2.45) is 0 Å². The Labute approximate surface area is 132 Å². The zero-order valence-corrected chi connectivity index (χ0v) is 12.9. The lowest BCUT2D eigenvalue weighted by molar-refractivity contribution is 0.0949. The predicted octanol–water partition coefficient (Wildman–Crippen LogP) is 3.44. The van der Waals surface area contributed by atoms with Gasteiger partial charge in [-0.15, -0.1) is 11.3 Å². The number of nitrogens with zero attached hydrogens (tertiary/aromatic N) is 2. The molecule has 1 N–H and O–H groups in total. The largest absolute Gasteiger partial charge is 0.346 e. The summed E-state index contributed by atoms with van der Waals surface area (Å²) >= 11 is 1.64. The van der Waals surface area contributed by atoms with Crippen molar-refractivity contribution in [3.05, 3.63) is 71.0 Å². The number of aromatic nitrogens is 2. The maximum absolute atomic E-state index is 12.3. The van der Waals surface area contributed by atoms with Gasteiger partial charge in [0.1, 0.15) is 0 Å². The lowest BCUT2D eigenvalue weighted by Crippen LogP contribution is -2.24. The first kappa shape index (κ1) is 14.4. The van der Waals surface area contributed by atoms with Gasteiger partial charge >= 0.3 is 0 Å². The van der Waals surface area contributed by atoms with Crippen LogP contribution in [0.3, 0.4) is 0 Å². The standard InChI is InChI=1S/C17H15N3OS/c1-12-14(7-8-15(20-12)16-6-4-10-22-16)17(21)19-11-13-5-2-3-9-18-13/h2-10H,11H2,1H3,(H,19,21). The fraction of sp³-hybridized carbons (Fsp3) is 0.118. The van der Waals surface area contributed by atoms with Crippen LogP contribution in [0.4, 0.5) is 0 Å². The fourth-order valence-electron chi connectivity index (χ4n) is 2.13. The van der Waals surface area contributed by atoms with Gasteiger partial charge in [0.15, 0.2) is 0 Å². The zero-order valence-electron chi connectivity index (χ0n) is 12.1. The zero-order chi connectivity index (χ0) is 15.4. The van der Waals surface area contributed by atoms with Crippen molar-refractivity contribution in [3.8, 4) is 10.6 Å². The van der Waals surface area contributed by atoms with E-state index < -0.39 is 0 Å². The number of thiophene rings is 1. The predicted molar refractivity (Wildman–Crippen MR) is 87.7 cm³/mol. The number of hydrogen-bond acceptors (Lipinski definition) is 4. The molecule has 3 aromatic heterocycles. The molecule has 1 amide bonds. The first-order valence-electron chi connectivity index (χ1n) is 6.93. The Kier molecular flexibility index (Phi) is 4.25. The van der Waals surface area contributed by atoms with Crippen LogP contribution in [0.5, 0.6) is 0 Å². The SMILES string of the molecule is Cc1nc(-c2cccs2)ccc1C(=O)NCc1ccccn1. The van der Waals surface area contributed by atoms with E-state index in [4.69, 9.17) is 0 Å². The van der Waals surface area contributed by atoms with Crippen LogP contribution < -0.4 is 5.32 Å². The summed E-state index contributed by atoms with van der Waals surface area (Å²) in [6, 6.07) is 13.3. The lowest BCUT2D eigenvalue weighted by Gasteiger charge is -2.08. The van der Waals surface area contributed by atoms with Gasteiger partial charge in [0.25, 0.3) is 5.91 Å². The molecular weight excluding hydrogens is 294 g/mol. The number of carbonyl (C=O) groups is 1. The smallest absolute Gasteiger partial charge is 0.253 e. The van der Waals surface area contributed by atoms with Crippen molar-refractivity contribution in [2.45, 2.75) is 13.5 Å². The highest BCUT2D eigenvalue weighted by atomic mass is 32.1. The van der Waals surface area contributed by atoms with Crippen LogP contribution in [0.2, 0.25) is 0 Å². The average Bonchev–Trinajstić information content (AvgIpc) is 3.08. The Morgan fingerprint density at radius 2 is 2.09 bits per heavy atom. The van der Waals surface area contributed by atoms with E-state index in [9.17, 15) is 4.79 Å². The Hall–Kier alpha value is -2.53. The maximum atomic E-state index is 12.3. The van der Waals surface area contributed by atoms with Crippen LogP contribution in [-0.4, -0.2) is 15.9 Å². The van der Waals surface area contributed by atoms with Crippen LogP contribution in [0.1, 0.15) is 21.7 Å². The highest BCUT2D eigenvalue weighted by molar-refractivity contribution is 7.13. The molecule has 0 bridgehead atoms. The topological polar surface area (TPSA) is 54.9 Å². The van der Waals surface area contributed by atoms with E-state index in [1.807, 2.05) is 54.8 Å². The molecule has 0 aromatic carbocycles. The molecule has 0 unspecified atom stereocenters. The van der Waals surface area contributed by atoms with Gasteiger partial charge in [0.2, 0.25) is 0 Å². The third-order valence-corrected chi connectivity index (χ3v) is 4.15. The van der Waals surface area contributed by atoms with Gasteiger partial charge in [-0.05, 0) is 42.6 Å². The summed E-state index contributed by atoms with van der Waals surface area (Å²) in [5, 5.41) is 4.89. The van der Waals surface area contributed by atoms with Gasteiger partial charge in [-0.25, -0.2) is 0 Å². The van der Waals surface area contributed by atoms with E-state index in [1.54, 1.807) is 17.5 Å². The Morgan fingerprint density at radius 3 is 2.77 bits per heavy atom. The minimum Gasteiger partial charge on any atom is -0.346 e. The monoisotopic (exact) mass is 309 g/mol. The molecule has 3 aromatic rings. The summed E-state index contributed by atoms with van der Waals surface area (Å²) < 4.78 is 0. The third-order valence-electron chi connectivity index (χ3n) is 3.26. The normalized spacial score (nSPS) is 10.4. The summed E-state index contributed by atoms with van der Waals surface area (Å²) in [7, 11) is 0. The molecule has 0 aliphatic heterocycles. The van der Waals surface area contributed by atoms with Gasteiger partial charge in [0, 0.05) is 6.20 Å². The second kappa shape index (κ2) is 6.49. The third kappa shape index (κ3) is 3.20. The molecule has 22 heavy (non-hydrogen) atoms. The Balaban J connectivity index is 1.73. The van der Waals surface area contributed by atoms with Crippen LogP contribution in [0.15, 0.2) is 54.0 Å². The maximum Gasteiger partial charge on any atom is 0.253 e. The molecule has 0 saturated carbocycles. The molecule has 3 rings (SSSR count). The van der Waals surface area contributed by atoms with E-state index in [0.717, 1.165) is 22.0 Å². The summed E-state index contributed by atoms with van der Waals surface area (Å²) in [6.07, 6.45) is 1.71. The molecule has 5 heteroatoms. The first-order valence-corrected chi connectivity index (χ1v) is 7.81. The molecule has 110 valence electrons. The van der Waals surface area contributed by atoms with Crippen LogP contribution in [0, 0.1) is 6.92 Å². The van der Waals surface area contributed by atoms with Gasteiger partial charge < -0.3 is 5.32 Å². The lowest BCUT2D eigenvalue weighted by atomic mass is 10.1. The fourth-order valence-corrected chi connectivity index (χ4v) is 2.83. The molecule has 0 radical (unpaired) electrons. The number of rotatable bonds is 4. The van der Waals surface area contributed by atoms with E-state index in [1.165, 1.54) is 0 Å². The average molecular weight is 309 g/mol.